The van der Waals surface area contributed by atoms with Crippen LogP contribution in [0.25, 0.3) is 34.4 Å². The summed E-state index contributed by atoms with van der Waals surface area (Å²) in [6, 6.07) is 20.9. The van der Waals surface area contributed by atoms with Gasteiger partial charge in [0.15, 0.2) is 43.0 Å². The van der Waals surface area contributed by atoms with Crippen LogP contribution in [0.3, 0.4) is 0 Å². The van der Waals surface area contributed by atoms with Crippen LogP contribution >= 0.6 is 0 Å². The third-order valence-corrected chi connectivity index (χ3v) is 15.6. The van der Waals surface area contributed by atoms with E-state index in [4.69, 9.17) is 28.4 Å². The molecule has 0 saturated carbocycles. The Morgan fingerprint density at radius 2 is 0.784 bits per heavy atom. The van der Waals surface area contributed by atoms with Crippen LogP contribution in [0.5, 0.6) is 34.8 Å². The molecule has 22 nitrogen and oxygen atoms in total. The molecule has 0 aliphatic carbocycles. The van der Waals surface area contributed by atoms with E-state index in [2.05, 4.69) is 50.3 Å². The molecular formula is C50H56N12O10S2. The van der Waals surface area contributed by atoms with Crippen LogP contribution in [0, 0.1) is 13.8 Å². The molecule has 24 heteroatoms. The first-order valence-electron chi connectivity index (χ1n) is 22.9. The molecule has 0 saturated heterocycles. The van der Waals surface area contributed by atoms with Crippen LogP contribution in [0.2, 0.25) is 0 Å². The summed E-state index contributed by atoms with van der Waals surface area (Å²) in [5.41, 5.74) is 3.58. The highest BCUT2D eigenvalue weighted by Gasteiger charge is 2.32. The largest absolute Gasteiger partial charge is 0.494 e. The summed E-state index contributed by atoms with van der Waals surface area (Å²) in [6.07, 6.45) is 7.00. The topological polar surface area (TPSA) is 262 Å². The summed E-state index contributed by atoms with van der Waals surface area (Å²) in [5.74, 6) is 3.64. The number of hydrogen-bond donors (Lipinski definition) is 0. The predicted octanol–water partition coefficient (Wildman–Crippen LogP) is 6.00. The van der Waals surface area contributed by atoms with E-state index in [0.29, 0.717) is 80.8 Å². The van der Waals surface area contributed by atoms with Gasteiger partial charge in [0, 0.05) is 49.8 Å². The van der Waals surface area contributed by atoms with Crippen LogP contribution in [-0.4, -0.2) is 129 Å². The predicted molar refractivity (Wildman–Crippen MR) is 274 cm³/mol. The second-order valence-electron chi connectivity index (χ2n) is 16.7. The number of sulfone groups is 2. The summed E-state index contributed by atoms with van der Waals surface area (Å²) in [5, 5.41) is 15.7. The lowest BCUT2D eigenvalue weighted by Gasteiger charge is -2.18. The van der Waals surface area contributed by atoms with Gasteiger partial charge in [-0.05, 0) is 75.2 Å². The Kier molecular flexibility index (Phi) is 17.1. The highest BCUT2D eigenvalue weighted by atomic mass is 32.2. The quantitative estimate of drug-likeness (QED) is 0.0847. The van der Waals surface area contributed by atoms with E-state index in [1.54, 1.807) is 121 Å². The van der Waals surface area contributed by atoms with E-state index in [1.165, 1.54) is 42.7 Å². The lowest BCUT2D eigenvalue weighted by Crippen LogP contribution is -2.24. The van der Waals surface area contributed by atoms with Gasteiger partial charge >= 0.3 is 0 Å². The van der Waals surface area contributed by atoms with Crippen LogP contribution in [-0.2, 0) is 44.0 Å². The fourth-order valence-electron chi connectivity index (χ4n) is 7.49. The van der Waals surface area contributed by atoms with Crippen molar-refractivity contribution in [2.45, 2.75) is 62.5 Å². The standard InChI is InChI=1S/2C25H28N6O5S/c2*1-16-13-26-21(27-14-16)12-17(2)37(32,33)15-22-29-30-25(18-8-6-11-23(28-18)36-5)31(22)24-19(34-3)9-7-10-20(24)35-4/h2*6-11,13-14,17H,12,15H2,1-5H3/t2*17-/m10/s1. The molecule has 0 fully saturated rings. The molecule has 0 N–H and O–H groups in total. The molecule has 8 aromatic rings. The van der Waals surface area contributed by atoms with Gasteiger partial charge < -0.3 is 28.4 Å². The first kappa shape index (κ1) is 53.7. The van der Waals surface area contributed by atoms with Crippen LogP contribution < -0.4 is 28.4 Å². The SMILES string of the molecule is COc1cccc(-c2nnc(CS(=O)(=O)[C@@H](C)Cc3ncc(C)cn3)n2-c2c(OC)cccc2OC)n1.COc1cccc(-c2nnc(CS(=O)(=O)[C@H](C)Cc3ncc(C)cn3)n2-c2c(OC)cccc2OC)n1. The van der Waals surface area contributed by atoms with Gasteiger partial charge in [-0.3, -0.25) is 9.13 Å². The first-order valence-corrected chi connectivity index (χ1v) is 26.3. The molecule has 6 heterocycles. The smallest absolute Gasteiger partial charge is 0.213 e. The maximum Gasteiger partial charge on any atom is 0.213 e. The highest BCUT2D eigenvalue weighted by Crippen LogP contribution is 2.38. The van der Waals surface area contributed by atoms with Crippen molar-refractivity contribution >= 4 is 19.7 Å². The van der Waals surface area contributed by atoms with E-state index in [1.807, 2.05) is 13.8 Å². The zero-order valence-corrected chi connectivity index (χ0v) is 44.1. The number of nitrogens with zero attached hydrogens (tertiary/aromatic N) is 12. The third-order valence-electron chi connectivity index (χ3n) is 11.5. The molecule has 0 spiro atoms. The van der Waals surface area contributed by atoms with Crippen LogP contribution in [0.4, 0.5) is 0 Å². The zero-order chi connectivity index (χ0) is 53.2. The molecule has 388 valence electrons. The molecule has 2 aromatic carbocycles. The van der Waals surface area contributed by atoms with Gasteiger partial charge in [-0.1, -0.05) is 24.3 Å². The fourth-order valence-corrected chi connectivity index (χ4v) is 9.96. The molecule has 0 bridgehead atoms. The molecule has 0 aliphatic rings. The van der Waals surface area contributed by atoms with E-state index < -0.39 is 41.7 Å². The Morgan fingerprint density at radius 1 is 0.459 bits per heavy atom. The number of para-hydroxylation sites is 2. The van der Waals surface area contributed by atoms with Crippen molar-refractivity contribution in [3.8, 4) is 69.2 Å². The Balaban J connectivity index is 0.000000216. The van der Waals surface area contributed by atoms with Crippen molar-refractivity contribution in [3.63, 3.8) is 0 Å². The average molecular weight is 1050 g/mol. The summed E-state index contributed by atoms with van der Waals surface area (Å²) in [4.78, 5) is 25.9. The second-order valence-corrected chi connectivity index (χ2v) is 21.5. The molecule has 0 radical (unpaired) electrons. The van der Waals surface area contributed by atoms with Crippen LogP contribution in [0.15, 0.2) is 97.6 Å². The minimum atomic E-state index is -3.70. The normalized spacial score (nSPS) is 12.2. The van der Waals surface area contributed by atoms with Gasteiger partial charge in [0.25, 0.3) is 0 Å². The fraction of sp³-hybridized carbons (Fsp3) is 0.320. The average Bonchev–Trinajstić information content (AvgIpc) is 4.02. The van der Waals surface area contributed by atoms with E-state index in [0.717, 1.165) is 11.1 Å². The summed E-state index contributed by atoms with van der Waals surface area (Å²) < 4.78 is 90.0. The first-order chi connectivity index (χ1) is 35.5. The van der Waals surface area contributed by atoms with Gasteiger partial charge in [-0.2, -0.15) is 0 Å². The molecule has 74 heavy (non-hydrogen) atoms. The maximum atomic E-state index is 13.5. The van der Waals surface area contributed by atoms with Crippen molar-refractivity contribution in [2.24, 2.45) is 0 Å². The Labute approximate surface area is 429 Å². The molecule has 0 unspecified atom stereocenters. The molecule has 6 aromatic heterocycles. The molecular weight excluding hydrogens is 993 g/mol. The summed E-state index contributed by atoms with van der Waals surface area (Å²) in [7, 11) is 1.70. The van der Waals surface area contributed by atoms with E-state index >= 15 is 0 Å². The number of aromatic nitrogens is 12. The van der Waals surface area contributed by atoms with Crippen molar-refractivity contribution in [1.82, 2.24) is 59.4 Å². The zero-order valence-electron chi connectivity index (χ0n) is 42.5. The van der Waals surface area contributed by atoms with Crippen molar-refractivity contribution in [1.29, 1.82) is 0 Å². The van der Waals surface area contributed by atoms with Gasteiger partial charge in [0.05, 0.1) is 53.2 Å². The van der Waals surface area contributed by atoms with Gasteiger partial charge in [-0.25, -0.2) is 46.7 Å². The molecule has 0 amide bonds. The van der Waals surface area contributed by atoms with E-state index in [9.17, 15) is 16.8 Å². The number of benzene rings is 2. The van der Waals surface area contributed by atoms with E-state index in [-0.39, 0.29) is 24.5 Å². The lowest BCUT2D eigenvalue weighted by atomic mass is 10.2. The van der Waals surface area contributed by atoms with Crippen molar-refractivity contribution in [3.05, 3.63) is 132 Å². The summed E-state index contributed by atoms with van der Waals surface area (Å²) >= 11 is 0. The van der Waals surface area contributed by atoms with Crippen molar-refractivity contribution < 1.29 is 45.3 Å². The minimum Gasteiger partial charge on any atom is -0.494 e. The van der Waals surface area contributed by atoms with Gasteiger partial charge in [-0.15, -0.1) is 20.4 Å². The number of hydrogen-bond acceptors (Lipinski definition) is 20. The number of ether oxygens (including phenoxy) is 6. The molecule has 2 atom stereocenters. The van der Waals surface area contributed by atoms with Crippen LogP contribution in [0.1, 0.15) is 48.3 Å². The highest BCUT2D eigenvalue weighted by molar-refractivity contribution is 7.91. The monoisotopic (exact) mass is 1050 g/mol. The minimum absolute atomic E-state index is 0.166. The number of methoxy groups -OCH3 is 6. The lowest BCUT2D eigenvalue weighted by molar-refractivity contribution is 0.390. The Bertz CT molecular complexity index is 3160. The van der Waals surface area contributed by atoms with Gasteiger partial charge in [0.1, 0.15) is 68.9 Å². The summed E-state index contributed by atoms with van der Waals surface area (Å²) in [6.45, 7) is 7.01. The number of pyridine rings is 2. The van der Waals surface area contributed by atoms with Crippen molar-refractivity contribution in [2.75, 3.05) is 42.7 Å². The molecule has 8 rings (SSSR count). The Morgan fingerprint density at radius 3 is 1.09 bits per heavy atom. The maximum absolute atomic E-state index is 13.5. The van der Waals surface area contributed by atoms with Gasteiger partial charge in [0.2, 0.25) is 11.8 Å². The second kappa shape index (κ2) is 23.6. The third kappa shape index (κ3) is 12.2. The number of rotatable bonds is 20. The molecule has 0 aliphatic heterocycles. The number of aryl methyl sites for hydroxylation is 2. The Hall–Kier alpha value is -8.12.